The van der Waals surface area contributed by atoms with Crippen molar-refractivity contribution in [3.05, 3.63) is 0 Å². The van der Waals surface area contributed by atoms with E-state index >= 15 is 0 Å². The first kappa shape index (κ1) is 34.5. The molecule has 0 atom stereocenters. The van der Waals surface area contributed by atoms with E-state index in [1.165, 1.54) is 0 Å². The Bertz CT molecular complexity index is 374. The summed E-state index contributed by atoms with van der Waals surface area (Å²) in [4.78, 5) is 0. The summed E-state index contributed by atoms with van der Waals surface area (Å²) in [5.41, 5.74) is 0. The van der Waals surface area contributed by atoms with Crippen LogP contribution in [0.15, 0.2) is 0 Å². The number of rotatable bonds is 30. The maximum Gasteiger partial charge on any atom is 0.531 e. The zero-order valence-corrected chi connectivity index (χ0v) is 20.6. The van der Waals surface area contributed by atoms with E-state index in [4.69, 9.17) is 67.5 Å². The third-order valence-corrected chi connectivity index (χ3v) is 3.89. The van der Waals surface area contributed by atoms with E-state index in [1.807, 2.05) is 0 Å². The van der Waals surface area contributed by atoms with Crippen LogP contribution in [0.5, 0.6) is 0 Å². The van der Waals surface area contributed by atoms with E-state index < -0.39 is 6.96 Å². The van der Waals surface area contributed by atoms with Gasteiger partial charge in [0.2, 0.25) is 0 Å². The fraction of sp³-hybridized carbons (Fsp3) is 1.00. The minimum absolute atomic E-state index is 0.0520. The summed E-state index contributed by atoms with van der Waals surface area (Å²) >= 11 is 0. The molecule has 0 aromatic heterocycles. The normalized spacial score (nSPS) is 12.0. The van der Waals surface area contributed by atoms with Gasteiger partial charge >= 0.3 is 6.96 Å². The number of hydrogen-bond donors (Lipinski definition) is 4. The molecule has 14 nitrogen and oxygen atoms in total. The Labute approximate surface area is 207 Å². The summed E-state index contributed by atoms with van der Waals surface area (Å²) in [6, 6.07) is 0. The molecule has 0 amide bonds. The molecule has 0 aromatic rings. The van der Waals surface area contributed by atoms with Crippen molar-refractivity contribution in [2.45, 2.75) is 0 Å². The lowest BCUT2D eigenvalue weighted by Gasteiger charge is -2.41. The van der Waals surface area contributed by atoms with Crippen LogP contribution in [0.25, 0.3) is 0 Å². The molecule has 0 radical (unpaired) electrons. The molecule has 0 spiro atoms. The van der Waals surface area contributed by atoms with Crippen molar-refractivity contribution < 1.29 is 67.5 Å². The molecule has 0 aliphatic heterocycles. The number of aliphatic hydroxyl groups excluding tert-OH is 4. The average molecular weight is 519 g/mol. The van der Waals surface area contributed by atoms with E-state index in [0.29, 0.717) is 26.4 Å². The second kappa shape index (κ2) is 28.1. The minimum atomic E-state index is -2.68. The molecule has 0 saturated carbocycles. The topological polar surface area (TPSA) is 173 Å². The molecule has 0 aliphatic carbocycles. The van der Waals surface area contributed by atoms with Gasteiger partial charge in [-0.15, -0.1) is 0 Å². The Hall–Kier alpha value is -0.495. The first-order valence-electron chi connectivity index (χ1n) is 11.8. The predicted molar refractivity (Wildman–Crippen MR) is 123 cm³/mol. The lowest BCUT2D eigenvalue weighted by Crippen LogP contribution is -2.51. The first-order chi connectivity index (χ1) is 17.2. The number of hydrogen-bond acceptors (Lipinski definition) is 14. The largest absolute Gasteiger partial charge is 0.531 e. The van der Waals surface area contributed by atoms with Crippen molar-refractivity contribution in [1.82, 2.24) is 0 Å². The highest BCUT2D eigenvalue weighted by atomic mass is 16.9. The van der Waals surface area contributed by atoms with Crippen molar-refractivity contribution in [2.24, 2.45) is 0 Å². The molecule has 0 aromatic carbocycles. The molecule has 15 heteroatoms. The van der Waals surface area contributed by atoms with Gasteiger partial charge in [-0.3, -0.25) is 0 Å². The smallest absolute Gasteiger partial charge is 0.517 e. The van der Waals surface area contributed by atoms with Crippen molar-refractivity contribution in [3.63, 3.8) is 0 Å². The quantitative estimate of drug-likeness (QED) is 0.0582. The van der Waals surface area contributed by atoms with Gasteiger partial charge in [0.25, 0.3) is 0 Å². The van der Waals surface area contributed by atoms with Crippen LogP contribution in [0.1, 0.15) is 0 Å². The highest BCUT2D eigenvalue weighted by Crippen LogP contribution is 2.13. The molecule has 0 rings (SSSR count). The maximum atomic E-state index is 8.84. The van der Waals surface area contributed by atoms with E-state index in [0.717, 1.165) is 0 Å². The highest BCUT2D eigenvalue weighted by Gasteiger charge is 2.32. The van der Waals surface area contributed by atoms with Gasteiger partial charge in [0.15, 0.2) is 0 Å². The van der Waals surface area contributed by atoms with Gasteiger partial charge in [-0.1, -0.05) is 0 Å². The molecule has 35 heavy (non-hydrogen) atoms. The molecule has 0 bridgehead atoms. The van der Waals surface area contributed by atoms with Crippen LogP contribution in [0.4, 0.5) is 0 Å². The van der Waals surface area contributed by atoms with Gasteiger partial charge in [0, 0.05) is 26.4 Å². The standard InChI is InChI=1S/C20H44BO14/c22-1-5-26-9-11-30-15-19-34-21(32-17-13-28-7-3-24,33-18-14-29-8-4-25)35-20-16-31-12-10-27-6-2-23/h22-25H,1-20H2/q-1. The van der Waals surface area contributed by atoms with Crippen molar-refractivity contribution in [2.75, 3.05) is 132 Å². The summed E-state index contributed by atoms with van der Waals surface area (Å²) in [5, 5.41) is 35.1. The van der Waals surface area contributed by atoms with Gasteiger partial charge in [0.05, 0.1) is 106 Å². The fourth-order valence-electron chi connectivity index (χ4n) is 2.40. The first-order valence-corrected chi connectivity index (χ1v) is 11.8. The van der Waals surface area contributed by atoms with E-state index in [-0.39, 0.29) is 106 Å². The summed E-state index contributed by atoms with van der Waals surface area (Å²) < 4.78 is 54.7. The molecule has 0 unspecified atom stereocenters. The monoisotopic (exact) mass is 519 g/mol. The van der Waals surface area contributed by atoms with Crippen molar-refractivity contribution >= 4 is 6.96 Å². The van der Waals surface area contributed by atoms with Crippen LogP contribution in [0.2, 0.25) is 0 Å². The molecule has 4 N–H and O–H groups in total. The molecule has 0 heterocycles. The zero-order chi connectivity index (χ0) is 25.7. The summed E-state index contributed by atoms with van der Waals surface area (Å²) in [5.74, 6) is 0. The Kier molecular flexibility index (Phi) is 27.7. The highest BCUT2D eigenvalue weighted by molar-refractivity contribution is 6.53. The fourth-order valence-corrected chi connectivity index (χ4v) is 2.40. The van der Waals surface area contributed by atoms with Crippen LogP contribution in [0.3, 0.4) is 0 Å². The van der Waals surface area contributed by atoms with Crippen LogP contribution in [0, 0.1) is 0 Å². The average Bonchev–Trinajstić information content (AvgIpc) is 2.87. The third kappa shape index (κ3) is 23.6. The minimum Gasteiger partial charge on any atom is -0.517 e. The summed E-state index contributed by atoms with van der Waals surface area (Å²) in [7, 11) is 0. The molecule has 0 saturated heterocycles. The number of ether oxygens (including phenoxy) is 6. The Balaban J connectivity index is 4.68. The van der Waals surface area contributed by atoms with Crippen molar-refractivity contribution in [1.29, 1.82) is 0 Å². The van der Waals surface area contributed by atoms with Gasteiger partial charge in [-0.2, -0.15) is 0 Å². The SMILES string of the molecule is OCCOCCOCCO[B-](OCCOCCO)(OCCOCCO)OCCOCCOCCO. The number of aliphatic hydroxyl groups is 4. The second-order valence-corrected chi connectivity index (χ2v) is 6.63. The van der Waals surface area contributed by atoms with E-state index in [2.05, 4.69) is 0 Å². The van der Waals surface area contributed by atoms with Crippen LogP contribution in [-0.2, 0) is 47.0 Å². The summed E-state index contributed by atoms with van der Waals surface area (Å²) in [6.45, 7) is 0.232. The van der Waals surface area contributed by atoms with Crippen molar-refractivity contribution in [3.8, 4) is 0 Å². The van der Waals surface area contributed by atoms with Gasteiger partial charge in [-0.25, -0.2) is 0 Å². The zero-order valence-electron chi connectivity index (χ0n) is 20.6. The molecular formula is C20H44BO14-. The lowest BCUT2D eigenvalue weighted by molar-refractivity contribution is -0.0732. The van der Waals surface area contributed by atoms with Crippen LogP contribution >= 0.6 is 0 Å². The van der Waals surface area contributed by atoms with Gasteiger partial charge in [0.1, 0.15) is 0 Å². The molecular weight excluding hydrogens is 475 g/mol. The Morgan fingerprint density at radius 3 is 0.714 bits per heavy atom. The maximum absolute atomic E-state index is 8.84. The van der Waals surface area contributed by atoms with Crippen LogP contribution in [-0.4, -0.2) is 160 Å². The van der Waals surface area contributed by atoms with Crippen LogP contribution < -0.4 is 0 Å². The summed E-state index contributed by atoms with van der Waals surface area (Å²) in [6.07, 6.45) is 0. The van der Waals surface area contributed by atoms with Gasteiger partial charge in [-0.05, 0) is 0 Å². The molecule has 0 fully saturated rings. The predicted octanol–water partition coefficient (Wildman–Crippen LogP) is -2.44. The third-order valence-electron chi connectivity index (χ3n) is 3.89. The second-order valence-electron chi connectivity index (χ2n) is 6.63. The van der Waals surface area contributed by atoms with Gasteiger partial charge < -0.3 is 67.5 Å². The Morgan fingerprint density at radius 1 is 0.286 bits per heavy atom. The van der Waals surface area contributed by atoms with E-state index in [9.17, 15) is 0 Å². The molecule has 0 aliphatic rings. The lowest BCUT2D eigenvalue weighted by atomic mass is 10.0. The molecule has 212 valence electrons. The van der Waals surface area contributed by atoms with E-state index in [1.54, 1.807) is 0 Å². The Morgan fingerprint density at radius 2 is 0.486 bits per heavy atom.